The van der Waals surface area contributed by atoms with Gasteiger partial charge in [0.25, 0.3) is 5.91 Å². The Kier molecular flexibility index (Phi) is 4.81. The zero-order valence-electron chi connectivity index (χ0n) is 12.5. The fourth-order valence-corrected chi connectivity index (χ4v) is 2.21. The van der Waals surface area contributed by atoms with E-state index in [-0.39, 0.29) is 5.91 Å². The molecule has 0 aliphatic rings. The topological polar surface area (TPSA) is 67.2 Å². The third-order valence-electron chi connectivity index (χ3n) is 3.34. The molecule has 5 heteroatoms. The third-order valence-corrected chi connectivity index (χ3v) is 3.34. The van der Waals surface area contributed by atoms with E-state index >= 15 is 0 Å². The number of rotatable bonds is 6. The molecule has 0 saturated heterocycles. The summed E-state index contributed by atoms with van der Waals surface area (Å²) in [7, 11) is 0. The van der Waals surface area contributed by atoms with Crippen molar-refractivity contribution in [2.45, 2.75) is 13.1 Å². The first kappa shape index (κ1) is 15.0. The van der Waals surface area contributed by atoms with E-state index in [1.807, 2.05) is 36.4 Å². The Morgan fingerprint density at radius 3 is 2.70 bits per heavy atom. The van der Waals surface area contributed by atoms with Gasteiger partial charge in [0.15, 0.2) is 0 Å². The van der Waals surface area contributed by atoms with Crippen LogP contribution < -0.4 is 10.6 Å². The van der Waals surface area contributed by atoms with Gasteiger partial charge in [0, 0.05) is 30.2 Å². The van der Waals surface area contributed by atoms with E-state index in [9.17, 15) is 4.79 Å². The summed E-state index contributed by atoms with van der Waals surface area (Å²) in [5, 5.41) is 6.19. The zero-order chi connectivity index (χ0) is 15.9. The zero-order valence-corrected chi connectivity index (χ0v) is 12.5. The van der Waals surface area contributed by atoms with E-state index in [0.29, 0.717) is 18.7 Å². The van der Waals surface area contributed by atoms with Crippen LogP contribution in [-0.2, 0) is 13.1 Å². The van der Waals surface area contributed by atoms with Crippen molar-refractivity contribution in [1.29, 1.82) is 0 Å². The molecule has 0 aliphatic heterocycles. The number of benzene rings is 1. The molecule has 2 heterocycles. The van der Waals surface area contributed by atoms with Crippen LogP contribution in [0.4, 0.5) is 5.69 Å². The van der Waals surface area contributed by atoms with Crippen molar-refractivity contribution in [3.8, 4) is 0 Å². The Hall–Kier alpha value is -2.92. The van der Waals surface area contributed by atoms with Crippen LogP contribution in [-0.4, -0.2) is 10.9 Å². The highest BCUT2D eigenvalue weighted by molar-refractivity contribution is 6.04. The molecule has 0 radical (unpaired) electrons. The molecule has 5 nitrogen and oxygen atoms in total. The fraction of sp³-hybridized carbons (Fsp3) is 0.111. The number of aromatic nitrogens is 1. The second-order valence-corrected chi connectivity index (χ2v) is 5.07. The van der Waals surface area contributed by atoms with Crippen LogP contribution >= 0.6 is 0 Å². The highest BCUT2D eigenvalue weighted by atomic mass is 16.3. The highest BCUT2D eigenvalue weighted by Crippen LogP contribution is 2.12. The molecule has 2 N–H and O–H groups in total. The lowest BCUT2D eigenvalue weighted by Gasteiger charge is -2.08. The van der Waals surface area contributed by atoms with E-state index in [1.54, 1.807) is 30.8 Å². The lowest BCUT2D eigenvalue weighted by Crippen LogP contribution is -2.14. The molecule has 116 valence electrons. The average molecular weight is 307 g/mol. The minimum Gasteiger partial charge on any atom is -0.468 e. The fourth-order valence-electron chi connectivity index (χ4n) is 2.21. The summed E-state index contributed by atoms with van der Waals surface area (Å²) in [6.07, 6.45) is 4.86. The molecule has 0 aliphatic carbocycles. The average Bonchev–Trinajstić information content (AvgIpc) is 3.09. The number of anilines is 1. The van der Waals surface area contributed by atoms with E-state index in [2.05, 4.69) is 15.6 Å². The summed E-state index contributed by atoms with van der Waals surface area (Å²) in [4.78, 5) is 16.0. The normalized spacial score (nSPS) is 10.4. The number of amides is 1. The Labute approximate surface area is 134 Å². The van der Waals surface area contributed by atoms with E-state index in [4.69, 9.17) is 4.42 Å². The summed E-state index contributed by atoms with van der Waals surface area (Å²) in [6, 6.07) is 14.9. The monoisotopic (exact) mass is 307 g/mol. The lowest BCUT2D eigenvalue weighted by molar-refractivity contribution is 0.102. The summed E-state index contributed by atoms with van der Waals surface area (Å²) >= 11 is 0. The largest absolute Gasteiger partial charge is 0.468 e. The molecule has 0 atom stereocenters. The van der Waals surface area contributed by atoms with Crippen molar-refractivity contribution in [3.05, 3.63) is 84.1 Å². The summed E-state index contributed by atoms with van der Waals surface area (Å²) < 4.78 is 5.27. The number of furan rings is 1. The molecule has 0 fully saturated rings. The minimum atomic E-state index is -0.145. The van der Waals surface area contributed by atoms with Crippen molar-refractivity contribution in [2.24, 2.45) is 0 Å². The summed E-state index contributed by atoms with van der Waals surface area (Å²) in [5.74, 6) is 0.750. The second kappa shape index (κ2) is 7.38. The van der Waals surface area contributed by atoms with Crippen molar-refractivity contribution in [3.63, 3.8) is 0 Å². The smallest absolute Gasteiger partial charge is 0.255 e. The predicted molar refractivity (Wildman–Crippen MR) is 87.9 cm³/mol. The van der Waals surface area contributed by atoms with Crippen LogP contribution in [0.2, 0.25) is 0 Å². The molecule has 0 spiro atoms. The maximum Gasteiger partial charge on any atom is 0.255 e. The molecular weight excluding hydrogens is 290 g/mol. The van der Waals surface area contributed by atoms with Crippen LogP contribution in [0.1, 0.15) is 21.7 Å². The second-order valence-electron chi connectivity index (χ2n) is 5.07. The van der Waals surface area contributed by atoms with E-state index < -0.39 is 0 Å². The van der Waals surface area contributed by atoms with Gasteiger partial charge in [0.05, 0.1) is 12.8 Å². The van der Waals surface area contributed by atoms with Gasteiger partial charge in [-0.25, -0.2) is 0 Å². The Morgan fingerprint density at radius 2 is 1.91 bits per heavy atom. The number of carbonyl (C=O) groups is 1. The van der Waals surface area contributed by atoms with Crippen LogP contribution in [0.15, 0.2) is 71.6 Å². The standard InChI is InChI=1S/C18H17N3O2/c22-18(15-6-8-19-9-7-15)21-16-4-1-3-14(11-16)12-20-13-17-5-2-10-23-17/h1-11,20H,12-13H2,(H,21,22). The molecule has 0 bridgehead atoms. The van der Waals surface area contributed by atoms with Crippen molar-refractivity contribution >= 4 is 11.6 Å². The minimum absolute atomic E-state index is 0.145. The van der Waals surface area contributed by atoms with Crippen molar-refractivity contribution in [1.82, 2.24) is 10.3 Å². The number of nitrogens with zero attached hydrogens (tertiary/aromatic N) is 1. The van der Waals surface area contributed by atoms with Gasteiger partial charge in [-0.1, -0.05) is 12.1 Å². The Balaban J connectivity index is 1.57. The lowest BCUT2D eigenvalue weighted by atomic mass is 10.2. The summed E-state index contributed by atoms with van der Waals surface area (Å²) in [6.45, 7) is 1.36. The molecule has 2 aromatic heterocycles. The number of pyridine rings is 1. The highest BCUT2D eigenvalue weighted by Gasteiger charge is 2.05. The van der Waals surface area contributed by atoms with Crippen LogP contribution in [0.5, 0.6) is 0 Å². The molecule has 23 heavy (non-hydrogen) atoms. The van der Waals surface area contributed by atoms with E-state index in [0.717, 1.165) is 17.0 Å². The number of carbonyl (C=O) groups excluding carboxylic acids is 1. The maximum absolute atomic E-state index is 12.1. The number of nitrogens with one attached hydrogen (secondary N) is 2. The predicted octanol–water partition coefficient (Wildman–Crippen LogP) is 3.22. The Morgan fingerprint density at radius 1 is 1.04 bits per heavy atom. The van der Waals surface area contributed by atoms with Crippen molar-refractivity contribution in [2.75, 3.05) is 5.32 Å². The number of hydrogen-bond acceptors (Lipinski definition) is 4. The van der Waals surface area contributed by atoms with Gasteiger partial charge in [0.2, 0.25) is 0 Å². The van der Waals surface area contributed by atoms with Gasteiger partial charge >= 0.3 is 0 Å². The quantitative estimate of drug-likeness (QED) is 0.734. The van der Waals surface area contributed by atoms with Crippen LogP contribution in [0, 0.1) is 0 Å². The summed E-state index contributed by atoms with van der Waals surface area (Å²) in [5.41, 5.74) is 2.44. The van der Waals surface area contributed by atoms with E-state index in [1.165, 1.54) is 0 Å². The van der Waals surface area contributed by atoms with Crippen molar-refractivity contribution < 1.29 is 9.21 Å². The van der Waals surface area contributed by atoms with Gasteiger partial charge in [-0.05, 0) is 42.0 Å². The number of hydrogen-bond donors (Lipinski definition) is 2. The molecule has 1 aromatic carbocycles. The van der Waals surface area contributed by atoms with Gasteiger partial charge in [-0.3, -0.25) is 9.78 Å². The van der Waals surface area contributed by atoms with Crippen LogP contribution in [0.25, 0.3) is 0 Å². The van der Waals surface area contributed by atoms with Gasteiger partial charge in [-0.2, -0.15) is 0 Å². The maximum atomic E-state index is 12.1. The first-order valence-electron chi connectivity index (χ1n) is 7.35. The van der Waals surface area contributed by atoms with Gasteiger partial charge in [-0.15, -0.1) is 0 Å². The molecule has 3 rings (SSSR count). The van der Waals surface area contributed by atoms with Gasteiger partial charge < -0.3 is 15.1 Å². The molecule has 0 saturated carbocycles. The molecule has 0 unspecified atom stereocenters. The van der Waals surface area contributed by atoms with Gasteiger partial charge in [0.1, 0.15) is 5.76 Å². The molecule has 1 amide bonds. The van der Waals surface area contributed by atoms with Crippen LogP contribution in [0.3, 0.4) is 0 Å². The first-order valence-corrected chi connectivity index (χ1v) is 7.35. The molecule has 3 aromatic rings. The SMILES string of the molecule is O=C(Nc1cccc(CNCc2ccco2)c1)c1ccncc1. The molecular formula is C18H17N3O2. The Bertz CT molecular complexity index is 755. The third kappa shape index (κ3) is 4.28. The first-order chi connectivity index (χ1) is 11.3.